The van der Waals surface area contributed by atoms with Gasteiger partial charge in [0.05, 0.1) is 18.8 Å². The molecule has 2 aromatic heterocycles. The maximum absolute atomic E-state index is 12.9. The highest BCUT2D eigenvalue weighted by atomic mass is 19.4. The molecule has 0 aliphatic heterocycles. The summed E-state index contributed by atoms with van der Waals surface area (Å²) in [6.07, 6.45) is -1.97. The molecule has 0 atom stereocenters. The fourth-order valence-corrected chi connectivity index (χ4v) is 3.03. The van der Waals surface area contributed by atoms with E-state index in [-0.39, 0.29) is 22.8 Å². The number of rotatable bonds is 6. The average Bonchev–Trinajstić information content (AvgIpc) is 3.21. The monoisotopic (exact) mass is 431 g/mol. The standard InChI is InChI=1S/C20H16F3N5O3/c1-30-14-5-6-15(17(8-14)31-20(21,22)23)18-16-10-24-11-28(16)19(27-26-18)25-9-12-3-2-4-13(29)7-12/h2-8,10-11,29H,9H2,1H3,(H,25,27). The topological polar surface area (TPSA) is 93.8 Å². The lowest BCUT2D eigenvalue weighted by Crippen LogP contribution is -2.18. The summed E-state index contributed by atoms with van der Waals surface area (Å²) in [6.45, 7) is 0.334. The van der Waals surface area contributed by atoms with Crippen LogP contribution in [0.25, 0.3) is 16.8 Å². The molecule has 8 nitrogen and oxygen atoms in total. The molecule has 2 aromatic carbocycles. The van der Waals surface area contributed by atoms with E-state index in [1.54, 1.807) is 22.6 Å². The third kappa shape index (κ3) is 4.44. The molecule has 0 spiro atoms. The number of methoxy groups -OCH3 is 1. The molecule has 11 heteroatoms. The van der Waals surface area contributed by atoms with Crippen LogP contribution in [0.5, 0.6) is 17.2 Å². The summed E-state index contributed by atoms with van der Waals surface area (Å²) in [4.78, 5) is 4.07. The van der Waals surface area contributed by atoms with Crippen LogP contribution in [0.4, 0.5) is 19.1 Å². The molecule has 2 N–H and O–H groups in total. The number of benzene rings is 2. The predicted octanol–water partition coefficient (Wildman–Crippen LogP) is 4.02. The van der Waals surface area contributed by atoms with Crippen molar-refractivity contribution in [1.29, 1.82) is 0 Å². The molecule has 0 saturated carbocycles. The summed E-state index contributed by atoms with van der Waals surface area (Å²) in [7, 11) is 1.34. The number of hydrogen-bond acceptors (Lipinski definition) is 7. The molecule has 31 heavy (non-hydrogen) atoms. The first-order valence-electron chi connectivity index (χ1n) is 8.99. The van der Waals surface area contributed by atoms with Gasteiger partial charge < -0.3 is 19.9 Å². The molecule has 0 saturated heterocycles. The molecule has 0 bridgehead atoms. The predicted molar refractivity (Wildman–Crippen MR) is 105 cm³/mol. The van der Waals surface area contributed by atoms with Crippen LogP contribution in [0.3, 0.4) is 0 Å². The number of hydrogen-bond donors (Lipinski definition) is 2. The lowest BCUT2D eigenvalue weighted by molar-refractivity contribution is -0.274. The first kappa shape index (κ1) is 20.3. The van der Waals surface area contributed by atoms with E-state index in [1.807, 2.05) is 6.07 Å². The van der Waals surface area contributed by atoms with Crippen LogP contribution in [0.15, 0.2) is 55.0 Å². The summed E-state index contributed by atoms with van der Waals surface area (Å²) in [6, 6.07) is 10.7. The van der Waals surface area contributed by atoms with Gasteiger partial charge in [-0.3, -0.25) is 4.40 Å². The Kier molecular flexibility index (Phi) is 5.24. The van der Waals surface area contributed by atoms with Gasteiger partial charge in [0.25, 0.3) is 0 Å². The largest absolute Gasteiger partial charge is 0.573 e. The fraction of sp³-hybridized carbons (Fsp3) is 0.150. The van der Waals surface area contributed by atoms with Gasteiger partial charge in [0.2, 0.25) is 5.95 Å². The summed E-state index contributed by atoms with van der Waals surface area (Å²) >= 11 is 0. The van der Waals surface area contributed by atoms with Crippen LogP contribution < -0.4 is 14.8 Å². The number of imidazole rings is 1. The fourth-order valence-electron chi connectivity index (χ4n) is 3.03. The minimum Gasteiger partial charge on any atom is -0.508 e. The highest BCUT2D eigenvalue weighted by Crippen LogP contribution is 2.37. The molecule has 2 heterocycles. The number of halogens is 3. The van der Waals surface area contributed by atoms with E-state index in [2.05, 4.69) is 25.2 Å². The Bertz CT molecular complexity index is 1230. The van der Waals surface area contributed by atoms with Crippen molar-refractivity contribution in [3.8, 4) is 28.5 Å². The third-order valence-electron chi connectivity index (χ3n) is 4.38. The molecular weight excluding hydrogens is 415 g/mol. The Morgan fingerprint density at radius 3 is 2.71 bits per heavy atom. The Labute approximate surface area is 173 Å². The summed E-state index contributed by atoms with van der Waals surface area (Å²) in [5, 5.41) is 20.9. The SMILES string of the molecule is COc1ccc(-c2nnc(NCc3cccc(O)c3)n3cncc23)c(OC(F)(F)F)c1. The smallest absolute Gasteiger partial charge is 0.508 e. The van der Waals surface area contributed by atoms with Gasteiger partial charge >= 0.3 is 6.36 Å². The van der Waals surface area contributed by atoms with E-state index in [0.717, 1.165) is 11.6 Å². The highest BCUT2D eigenvalue weighted by Gasteiger charge is 2.33. The van der Waals surface area contributed by atoms with E-state index >= 15 is 0 Å². The Balaban J connectivity index is 1.72. The van der Waals surface area contributed by atoms with Crippen molar-refractivity contribution < 1.29 is 27.8 Å². The maximum Gasteiger partial charge on any atom is 0.573 e. The number of anilines is 1. The van der Waals surface area contributed by atoms with Crippen molar-refractivity contribution in [2.24, 2.45) is 0 Å². The molecule has 0 aliphatic rings. The molecule has 160 valence electrons. The molecule has 0 unspecified atom stereocenters. The van der Waals surface area contributed by atoms with Crippen molar-refractivity contribution >= 4 is 11.5 Å². The maximum atomic E-state index is 12.9. The molecule has 4 aromatic rings. The lowest BCUT2D eigenvalue weighted by atomic mass is 10.1. The summed E-state index contributed by atoms with van der Waals surface area (Å²) < 4.78 is 49.6. The Morgan fingerprint density at radius 2 is 1.97 bits per heavy atom. The minimum absolute atomic E-state index is 0.0793. The molecule has 0 aliphatic carbocycles. The molecular formula is C20H16F3N5O3. The average molecular weight is 431 g/mol. The second-order valence-electron chi connectivity index (χ2n) is 6.45. The minimum atomic E-state index is -4.90. The zero-order valence-electron chi connectivity index (χ0n) is 16.1. The second-order valence-corrected chi connectivity index (χ2v) is 6.45. The first-order valence-corrected chi connectivity index (χ1v) is 8.99. The van der Waals surface area contributed by atoms with Gasteiger partial charge in [-0.1, -0.05) is 12.1 Å². The van der Waals surface area contributed by atoms with E-state index in [1.165, 1.54) is 31.8 Å². The van der Waals surface area contributed by atoms with E-state index in [4.69, 9.17) is 4.74 Å². The quantitative estimate of drug-likeness (QED) is 0.476. The van der Waals surface area contributed by atoms with E-state index in [0.29, 0.717) is 18.0 Å². The van der Waals surface area contributed by atoms with Crippen LogP contribution in [-0.2, 0) is 6.54 Å². The first-order chi connectivity index (χ1) is 14.8. The van der Waals surface area contributed by atoms with Crippen molar-refractivity contribution in [1.82, 2.24) is 19.6 Å². The van der Waals surface area contributed by atoms with Crippen molar-refractivity contribution in [2.75, 3.05) is 12.4 Å². The summed E-state index contributed by atoms with van der Waals surface area (Å²) in [5.41, 5.74) is 1.46. The van der Waals surface area contributed by atoms with Gasteiger partial charge in [-0.25, -0.2) is 4.98 Å². The van der Waals surface area contributed by atoms with E-state index in [9.17, 15) is 18.3 Å². The van der Waals surface area contributed by atoms with Crippen molar-refractivity contribution in [3.05, 3.63) is 60.6 Å². The number of phenols is 1. The zero-order chi connectivity index (χ0) is 22.0. The third-order valence-corrected chi connectivity index (χ3v) is 4.38. The van der Waals surface area contributed by atoms with Crippen LogP contribution in [0.2, 0.25) is 0 Å². The van der Waals surface area contributed by atoms with Gasteiger partial charge in [0.15, 0.2) is 0 Å². The van der Waals surface area contributed by atoms with Crippen LogP contribution in [0.1, 0.15) is 5.56 Å². The molecule has 0 radical (unpaired) electrons. The number of nitrogens with one attached hydrogen (secondary N) is 1. The van der Waals surface area contributed by atoms with Crippen LogP contribution in [-0.4, -0.2) is 38.2 Å². The van der Waals surface area contributed by atoms with Gasteiger partial charge in [-0.15, -0.1) is 23.4 Å². The molecule has 0 amide bonds. The van der Waals surface area contributed by atoms with Crippen LogP contribution in [0, 0.1) is 0 Å². The number of aromatic hydroxyl groups is 1. The van der Waals surface area contributed by atoms with Gasteiger partial charge in [0, 0.05) is 18.2 Å². The zero-order valence-corrected chi connectivity index (χ0v) is 16.1. The number of nitrogens with zero attached hydrogens (tertiary/aromatic N) is 4. The molecule has 0 fully saturated rings. The van der Waals surface area contributed by atoms with Gasteiger partial charge in [-0.2, -0.15) is 0 Å². The lowest BCUT2D eigenvalue weighted by Gasteiger charge is -2.15. The van der Waals surface area contributed by atoms with Crippen molar-refractivity contribution in [3.63, 3.8) is 0 Å². The highest BCUT2D eigenvalue weighted by molar-refractivity contribution is 5.81. The summed E-state index contributed by atoms with van der Waals surface area (Å²) in [5.74, 6) is 0.186. The normalized spacial score (nSPS) is 11.5. The number of alkyl halides is 3. The second kappa shape index (κ2) is 8.01. The Morgan fingerprint density at radius 1 is 1.13 bits per heavy atom. The number of fused-ring (bicyclic) bond motifs is 1. The Hall–Kier alpha value is -4.02. The number of aromatic nitrogens is 4. The van der Waals surface area contributed by atoms with Gasteiger partial charge in [0.1, 0.15) is 29.3 Å². The van der Waals surface area contributed by atoms with Gasteiger partial charge in [-0.05, 0) is 29.8 Å². The number of phenolic OH excluding ortho intramolecular Hbond substituents is 1. The number of ether oxygens (including phenoxy) is 2. The van der Waals surface area contributed by atoms with E-state index < -0.39 is 12.1 Å². The van der Waals surface area contributed by atoms with Crippen LogP contribution >= 0.6 is 0 Å². The van der Waals surface area contributed by atoms with Crippen molar-refractivity contribution in [2.45, 2.75) is 12.9 Å². The molecule has 4 rings (SSSR count).